The summed E-state index contributed by atoms with van der Waals surface area (Å²) in [4.78, 5) is 16.5. The molecule has 3 N–H and O–H groups in total. The molecule has 0 aliphatic carbocycles. The zero-order valence-corrected chi connectivity index (χ0v) is 21.0. The normalized spacial score (nSPS) is 20.2. The van der Waals surface area contributed by atoms with Gasteiger partial charge in [-0.1, -0.05) is 0 Å². The van der Waals surface area contributed by atoms with E-state index in [9.17, 15) is 13.2 Å². The van der Waals surface area contributed by atoms with E-state index < -0.39 is 17.8 Å². The van der Waals surface area contributed by atoms with Gasteiger partial charge in [0.1, 0.15) is 17.5 Å². The second-order valence-corrected chi connectivity index (χ2v) is 10.1. The molecule has 0 saturated carbocycles. The van der Waals surface area contributed by atoms with Crippen LogP contribution in [0.15, 0.2) is 35.1 Å². The molecule has 3 atom stereocenters. The van der Waals surface area contributed by atoms with Crippen molar-refractivity contribution in [3.05, 3.63) is 47.6 Å². The number of pyridine rings is 1. The van der Waals surface area contributed by atoms with E-state index >= 15 is 0 Å². The molecule has 4 aromatic rings. The number of nitrogens with two attached hydrogens (primary N) is 1. The van der Waals surface area contributed by atoms with Crippen LogP contribution in [0.4, 0.5) is 30.5 Å². The van der Waals surface area contributed by atoms with Gasteiger partial charge in [0.25, 0.3) is 5.89 Å². The number of rotatable bonds is 5. The molecular weight excluding hydrogens is 497 g/mol. The second-order valence-electron chi connectivity index (χ2n) is 10.1. The van der Waals surface area contributed by atoms with Gasteiger partial charge in [0, 0.05) is 17.8 Å². The van der Waals surface area contributed by atoms with Gasteiger partial charge >= 0.3 is 6.18 Å². The number of nitrogen functional groups attached to an aromatic ring is 1. The number of nitrogens with zero attached hydrogens (tertiary/aromatic N) is 6. The average molecular weight is 525 g/mol. The highest BCUT2D eigenvalue weighted by molar-refractivity contribution is 5.93. The van der Waals surface area contributed by atoms with E-state index in [0.29, 0.717) is 51.8 Å². The first-order valence-corrected chi connectivity index (χ1v) is 12.7. The Hall–Kier alpha value is -3.96. The molecule has 2 unspecified atom stereocenters. The van der Waals surface area contributed by atoms with E-state index in [1.165, 1.54) is 18.9 Å². The summed E-state index contributed by atoms with van der Waals surface area (Å²) in [7, 11) is 0. The van der Waals surface area contributed by atoms with E-state index in [1.54, 1.807) is 13.8 Å². The average Bonchev–Trinajstić information content (AvgIpc) is 3.48. The third-order valence-corrected chi connectivity index (χ3v) is 7.47. The summed E-state index contributed by atoms with van der Waals surface area (Å²) in [6, 6.07) is 5.68. The van der Waals surface area contributed by atoms with Gasteiger partial charge < -0.3 is 20.4 Å². The summed E-state index contributed by atoms with van der Waals surface area (Å²) >= 11 is 0. The highest BCUT2D eigenvalue weighted by Gasteiger charge is 2.39. The number of halogens is 3. The maximum atomic E-state index is 13.4. The monoisotopic (exact) mass is 524 g/mol. The fourth-order valence-electron chi connectivity index (χ4n) is 5.75. The quantitative estimate of drug-likeness (QED) is 0.318. The van der Waals surface area contributed by atoms with Crippen molar-refractivity contribution < 1.29 is 17.6 Å². The fraction of sp³-hybridized carbons (Fsp3) is 0.423. The Labute approximate surface area is 216 Å². The van der Waals surface area contributed by atoms with Crippen LogP contribution in [0.1, 0.15) is 62.0 Å². The summed E-state index contributed by atoms with van der Waals surface area (Å²) in [5.74, 6) is 2.03. The molecule has 0 amide bonds. The molecule has 6 rings (SSSR count). The molecule has 2 fully saturated rings. The first-order valence-electron chi connectivity index (χ1n) is 12.7. The number of benzene rings is 1. The molecule has 2 bridgehead atoms. The van der Waals surface area contributed by atoms with Crippen LogP contribution < -0.4 is 16.0 Å². The Kier molecular flexibility index (Phi) is 5.84. The minimum absolute atomic E-state index is 0.0355. The number of alkyl halides is 3. The number of hydrogen-bond donors (Lipinski definition) is 2. The van der Waals surface area contributed by atoms with Crippen LogP contribution in [0, 0.1) is 6.92 Å². The van der Waals surface area contributed by atoms with E-state index in [0.717, 1.165) is 43.6 Å². The van der Waals surface area contributed by atoms with Crippen molar-refractivity contribution in [3.63, 3.8) is 0 Å². The Morgan fingerprint density at radius 2 is 1.82 bits per heavy atom. The van der Waals surface area contributed by atoms with Gasteiger partial charge in [-0.05, 0) is 75.8 Å². The van der Waals surface area contributed by atoms with Gasteiger partial charge in [0.15, 0.2) is 5.65 Å². The molecule has 1 aromatic carbocycles. The van der Waals surface area contributed by atoms with Crippen molar-refractivity contribution in [2.24, 2.45) is 0 Å². The Bertz CT molecular complexity index is 1470. The van der Waals surface area contributed by atoms with Crippen LogP contribution in [0.3, 0.4) is 0 Å². The molecule has 0 radical (unpaired) electrons. The smallest absolute Gasteiger partial charge is 0.416 e. The van der Waals surface area contributed by atoms with E-state index in [1.807, 2.05) is 6.07 Å². The maximum absolute atomic E-state index is 13.4. The predicted octanol–water partition coefficient (Wildman–Crippen LogP) is 5.68. The molecule has 2 saturated heterocycles. The van der Waals surface area contributed by atoms with Crippen molar-refractivity contribution in [2.45, 2.75) is 70.3 Å². The van der Waals surface area contributed by atoms with Gasteiger partial charge in [-0.15, -0.1) is 10.2 Å². The van der Waals surface area contributed by atoms with Gasteiger partial charge in [0.05, 0.1) is 22.6 Å². The lowest BCUT2D eigenvalue weighted by atomic mass is 10.0. The number of piperidine rings is 1. The molecule has 0 spiro atoms. The standard InChI is InChI=1S/C26H27F3N8O/c1-13(15-8-16(26(27,28)29)10-17(30)9-15)32-22-20-11-21(25-36-31-12-38-25)24(35-23(20)34-14(2)33-22)37-18-4-3-5-19(37)7-6-18/h8-13,18-19H,3-7,30H2,1-2H3,(H,32,33,34,35)/t13-,18?,19?/m1/s1. The van der Waals surface area contributed by atoms with E-state index in [-0.39, 0.29) is 5.69 Å². The van der Waals surface area contributed by atoms with E-state index in [4.69, 9.17) is 15.1 Å². The first-order chi connectivity index (χ1) is 18.2. The molecule has 2 aliphatic rings. The molecule has 2 aliphatic heterocycles. The summed E-state index contributed by atoms with van der Waals surface area (Å²) < 4.78 is 45.8. The Morgan fingerprint density at radius 1 is 1.05 bits per heavy atom. The third kappa shape index (κ3) is 4.37. The number of fused-ring (bicyclic) bond motifs is 3. The molecule has 198 valence electrons. The van der Waals surface area contributed by atoms with Gasteiger partial charge in [-0.3, -0.25) is 0 Å². The lowest BCUT2D eigenvalue weighted by molar-refractivity contribution is -0.137. The number of hydrogen-bond acceptors (Lipinski definition) is 9. The van der Waals surface area contributed by atoms with Crippen molar-refractivity contribution >= 4 is 28.4 Å². The predicted molar refractivity (Wildman–Crippen MR) is 136 cm³/mol. The lowest BCUT2D eigenvalue weighted by Gasteiger charge is -2.36. The SMILES string of the molecule is Cc1nc(N[C@H](C)c2cc(N)cc(C(F)(F)F)c2)c2cc(-c3nnco3)c(N3C4CCCC3CC4)nc2n1. The highest BCUT2D eigenvalue weighted by Crippen LogP contribution is 2.43. The topological polar surface area (TPSA) is 119 Å². The fourth-order valence-corrected chi connectivity index (χ4v) is 5.75. The summed E-state index contributed by atoms with van der Waals surface area (Å²) in [5.41, 5.74) is 6.58. The molecule has 5 heterocycles. The number of aromatic nitrogens is 5. The Balaban J connectivity index is 1.45. The highest BCUT2D eigenvalue weighted by atomic mass is 19.4. The zero-order chi connectivity index (χ0) is 26.6. The summed E-state index contributed by atoms with van der Waals surface area (Å²) in [6.07, 6.45) is 2.40. The van der Waals surface area contributed by atoms with E-state index in [2.05, 4.69) is 30.4 Å². The molecular formula is C26H27F3N8O. The molecule has 3 aromatic heterocycles. The van der Waals surface area contributed by atoms with Crippen molar-refractivity contribution in [3.8, 4) is 11.5 Å². The van der Waals surface area contributed by atoms with Crippen LogP contribution in [-0.2, 0) is 6.18 Å². The van der Waals surface area contributed by atoms with Gasteiger partial charge in [-0.2, -0.15) is 13.2 Å². The van der Waals surface area contributed by atoms with Crippen LogP contribution >= 0.6 is 0 Å². The van der Waals surface area contributed by atoms with Crippen LogP contribution in [0.25, 0.3) is 22.5 Å². The second kappa shape index (κ2) is 9.10. The summed E-state index contributed by atoms with van der Waals surface area (Å²) in [5, 5.41) is 11.9. The molecule has 12 heteroatoms. The number of anilines is 3. The van der Waals surface area contributed by atoms with Gasteiger partial charge in [-0.25, -0.2) is 15.0 Å². The minimum Gasteiger partial charge on any atom is -0.423 e. The number of aryl methyl sites for hydroxylation is 1. The van der Waals surface area contributed by atoms with Crippen LogP contribution in [-0.4, -0.2) is 37.2 Å². The minimum atomic E-state index is -4.50. The first kappa shape index (κ1) is 24.4. The molecule has 38 heavy (non-hydrogen) atoms. The van der Waals surface area contributed by atoms with Crippen LogP contribution in [0.5, 0.6) is 0 Å². The third-order valence-electron chi connectivity index (χ3n) is 7.47. The van der Waals surface area contributed by atoms with Crippen molar-refractivity contribution in [2.75, 3.05) is 16.0 Å². The summed E-state index contributed by atoms with van der Waals surface area (Å²) in [6.45, 7) is 3.51. The zero-order valence-electron chi connectivity index (χ0n) is 21.0. The maximum Gasteiger partial charge on any atom is 0.416 e. The van der Waals surface area contributed by atoms with Gasteiger partial charge in [0.2, 0.25) is 6.39 Å². The largest absolute Gasteiger partial charge is 0.423 e. The Morgan fingerprint density at radius 3 is 2.50 bits per heavy atom. The van der Waals surface area contributed by atoms with Crippen molar-refractivity contribution in [1.29, 1.82) is 0 Å². The molecule has 9 nitrogen and oxygen atoms in total. The lowest BCUT2D eigenvalue weighted by Crippen LogP contribution is -2.40. The van der Waals surface area contributed by atoms with Crippen molar-refractivity contribution in [1.82, 2.24) is 25.1 Å². The van der Waals surface area contributed by atoms with Crippen LogP contribution in [0.2, 0.25) is 0 Å². The number of nitrogens with one attached hydrogen (secondary N) is 1.